The number of ether oxygens (including phenoxy) is 4. The van der Waals surface area contributed by atoms with Crippen molar-refractivity contribution < 1.29 is 41.7 Å². The Kier molecular flexibility index (Phi) is 10.7. The van der Waals surface area contributed by atoms with Crippen LogP contribution < -0.4 is 5.32 Å². The predicted molar refractivity (Wildman–Crippen MR) is 150 cm³/mol. The van der Waals surface area contributed by atoms with Gasteiger partial charge < -0.3 is 24.3 Å². The molecule has 4 rings (SSSR count). The van der Waals surface area contributed by atoms with Crippen LogP contribution in [0.1, 0.15) is 52.5 Å². The number of hydrogen-bond acceptors (Lipinski definition) is 13. The second-order valence-corrected chi connectivity index (χ2v) is 14.1. The Morgan fingerprint density at radius 2 is 1.62 bits per heavy atom. The Bertz CT molecular complexity index is 1280. The van der Waals surface area contributed by atoms with E-state index in [0.29, 0.717) is 23.7 Å². The molecule has 2 aliphatic rings. The molecule has 2 atom stereocenters. The number of esters is 2. The van der Waals surface area contributed by atoms with Crippen LogP contribution in [-0.4, -0.2) is 66.5 Å². The number of thiazole rings is 1. The maximum absolute atomic E-state index is 12.4. The first-order valence-electron chi connectivity index (χ1n) is 12.6. The van der Waals surface area contributed by atoms with Gasteiger partial charge in [-0.3, -0.25) is 4.79 Å². The third-order valence-electron chi connectivity index (χ3n) is 5.47. The van der Waals surface area contributed by atoms with E-state index in [1.807, 2.05) is 6.92 Å². The fourth-order valence-electron chi connectivity index (χ4n) is 3.82. The van der Waals surface area contributed by atoms with E-state index < -0.39 is 39.6 Å². The average molecular weight is 615 g/mol. The van der Waals surface area contributed by atoms with Gasteiger partial charge in [-0.25, -0.2) is 23.0 Å². The SMILES string of the molecule is CC1(C)OC(=O)[C@@H](CCNc2ccc(S(=O)(=O)Cc3nccs3)cc2)O1.CCSC(=O)C[C@H]1OC(C)(C)OC1=O. The molecular weight excluding hydrogens is 580 g/mol. The highest BCUT2D eigenvalue weighted by atomic mass is 32.2. The topological polar surface area (TPSA) is 147 Å². The maximum atomic E-state index is 12.4. The number of aromatic nitrogens is 1. The molecule has 11 nitrogen and oxygen atoms in total. The first-order chi connectivity index (χ1) is 18.7. The molecule has 14 heteroatoms. The van der Waals surface area contributed by atoms with Crippen molar-refractivity contribution in [2.75, 3.05) is 17.6 Å². The van der Waals surface area contributed by atoms with Crippen LogP contribution in [0.4, 0.5) is 5.69 Å². The zero-order chi connectivity index (χ0) is 29.6. The molecule has 0 unspecified atom stereocenters. The van der Waals surface area contributed by atoms with Gasteiger partial charge in [0.05, 0.1) is 11.3 Å². The lowest BCUT2D eigenvalue weighted by molar-refractivity contribution is -0.162. The quantitative estimate of drug-likeness (QED) is 0.387. The molecule has 220 valence electrons. The van der Waals surface area contributed by atoms with Crippen molar-refractivity contribution in [1.29, 1.82) is 0 Å². The van der Waals surface area contributed by atoms with Gasteiger partial charge in [0.25, 0.3) is 0 Å². The smallest absolute Gasteiger partial charge is 0.338 e. The molecule has 1 aromatic heterocycles. The van der Waals surface area contributed by atoms with E-state index in [4.69, 9.17) is 18.9 Å². The number of hydrogen-bond donors (Lipinski definition) is 1. The first kappa shape index (κ1) is 32.0. The number of cyclic esters (lactones) is 2. The fourth-order valence-corrected chi connectivity index (χ4v) is 6.66. The Labute approximate surface area is 242 Å². The largest absolute Gasteiger partial charge is 0.432 e. The van der Waals surface area contributed by atoms with Gasteiger partial charge in [-0.2, -0.15) is 0 Å². The third kappa shape index (κ3) is 9.54. The van der Waals surface area contributed by atoms with Crippen LogP contribution in [-0.2, 0) is 48.9 Å². The van der Waals surface area contributed by atoms with E-state index in [1.54, 1.807) is 63.5 Å². The zero-order valence-electron chi connectivity index (χ0n) is 23.0. The number of sulfone groups is 1. The van der Waals surface area contributed by atoms with Crippen LogP contribution in [0.15, 0.2) is 40.7 Å². The monoisotopic (exact) mass is 614 g/mol. The van der Waals surface area contributed by atoms with E-state index in [1.165, 1.54) is 23.1 Å². The zero-order valence-corrected chi connectivity index (χ0v) is 25.5. The standard InChI is InChI=1S/C17H20N2O5S2.C9H14O4S/c1-17(2)23-14(16(20)24-17)7-8-18-12-3-5-13(6-4-12)26(21,22)11-15-19-9-10-25-15;1-4-14-7(10)5-6-8(11)13-9(2,3)12-6/h3-6,9-10,14,18H,7-8,11H2,1-2H3;6H,4-5H2,1-3H3/t14-;6-/m11/s1. The van der Waals surface area contributed by atoms with Gasteiger partial charge in [-0.05, 0) is 30.0 Å². The van der Waals surface area contributed by atoms with E-state index in [-0.39, 0.29) is 28.2 Å². The number of nitrogens with zero attached hydrogens (tertiary/aromatic N) is 1. The number of carbonyl (C=O) groups is 3. The van der Waals surface area contributed by atoms with Crippen molar-refractivity contribution in [3.8, 4) is 0 Å². The van der Waals surface area contributed by atoms with Crippen LogP contribution in [0.25, 0.3) is 0 Å². The van der Waals surface area contributed by atoms with Gasteiger partial charge in [0.1, 0.15) is 10.8 Å². The average Bonchev–Trinajstić information content (AvgIpc) is 3.51. The summed E-state index contributed by atoms with van der Waals surface area (Å²) in [6.45, 7) is 9.10. The van der Waals surface area contributed by atoms with Crippen molar-refractivity contribution in [2.45, 2.75) is 81.9 Å². The summed E-state index contributed by atoms with van der Waals surface area (Å²) in [5, 5.41) is 5.44. The number of anilines is 1. The lowest BCUT2D eigenvalue weighted by Gasteiger charge is -2.15. The van der Waals surface area contributed by atoms with Crippen molar-refractivity contribution in [3.63, 3.8) is 0 Å². The molecule has 0 amide bonds. The number of carbonyl (C=O) groups excluding carboxylic acids is 3. The highest BCUT2D eigenvalue weighted by molar-refractivity contribution is 8.13. The second kappa shape index (κ2) is 13.4. The minimum Gasteiger partial charge on any atom is -0.432 e. The predicted octanol–water partition coefficient (Wildman–Crippen LogP) is 3.93. The van der Waals surface area contributed by atoms with Gasteiger partial charge in [0, 0.05) is 57.9 Å². The van der Waals surface area contributed by atoms with E-state index in [2.05, 4.69) is 10.3 Å². The second-order valence-electron chi connectivity index (χ2n) is 9.79. The lowest BCUT2D eigenvalue weighted by atomic mass is 10.2. The third-order valence-corrected chi connectivity index (χ3v) is 8.86. The van der Waals surface area contributed by atoms with Gasteiger partial charge in [-0.15, -0.1) is 11.3 Å². The molecular formula is C26H34N2O9S3. The molecule has 40 heavy (non-hydrogen) atoms. The Morgan fingerprint density at radius 1 is 1.02 bits per heavy atom. The molecule has 0 radical (unpaired) electrons. The highest BCUT2D eigenvalue weighted by Crippen LogP contribution is 2.27. The minimum atomic E-state index is -3.41. The van der Waals surface area contributed by atoms with Crippen LogP contribution in [0.2, 0.25) is 0 Å². The van der Waals surface area contributed by atoms with Gasteiger partial charge >= 0.3 is 11.9 Å². The summed E-state index contributed by atoms with van der Waals surface area (Å²) in [4.78, 5) is 38.4. The lowest BCUT2D eigenvalue weighted by Crippen LogP contribution is -2.23. The molecule has 0 bridgehead atoms. The molecule has 2 aliphatic heterocycles. The number of thioether (sulfide) groups is 1. The fraction of sp³-hybridized carbons (Fsp3) is 0.538. The Hall–Kier alpha value is -2.52. The molecule has 0 aliphatic carbocycles. The summed E-state index contributed by atoms with van der Waals surface area (Å²) in [6.07, 6.45) is 0.840. The maximum Gasteiger partial charge on any atom is 0.338 e. The van der Waals surface area contributed by atoms with Crippen LogP contribution >= 0.6 is 23.1 Å². The summed E-state index contributed by atoms with van der Waals surface area (Å²) in [7, 11) is -3.41. The minimum absolute atomic E-state index is 0.0350. The molecule has 2 aromatic rings. The molecule has 2 saturated heterocycles. The Morgan fingerprint density at radius 3 is 2.12 bits per heavy atom. The van der Waals surface area contributed by atoms with E-state index in [0.717, 1.165) is 5.69 Å². The molecule has 3 heterocycles. The number of benzene rings is 1. The van der Waals surface area contributed by atoms with Crippen LogP contribution in [0, 0.1) is 0 Å². The number of nitrogens with one attached hydrogen (secondary N) is 1. The van der Waals surface area contributed by atoms with Crippen LogP contribution in [0.5, 0.6) is 0 Å². The number of rotatable bonds is 10. The summed E-state index contributed by atoms with van der Waals surface area (Å²) >= 11 is 2.51. The molecule has 1 aromatic carbocycles. The van der Waals surface area contributed by atoms with E-state index in [9.17, 15) is 22.8 Å². The van der Waals surface area contributed by atoms with Crippen molar-refractivity contribution >= 4 is 55.7 Å². The van der Waals surface area contributed by atoms with E-state index >= 15 is 0 Å². The van der Waals surface area contributed by atoms with Gasteiger partial charge in [0.15, 0.2) is 27.2 Å². The summed E-state index contributed by atoms with van der Waals surface area (Å²) in [5.41, 5.74) is 0.767. The van der Waals surface area contributed by atoms with Crippen LogP contribution in [0.3, 0.4) is 0 Å². The van der Waals surface area contributed by atoms with Crippen molar-refractivity contribution in [3.05, 3.63) is 40.8 Å². The summed E-state index contributed by atoms with van der Waals surface area (Å²) < 4.78 is 45.6. The molecule has 1 N–H and O–H groups in total. The summed E-state index contributed by atoms with van der Waals surface area (Å²) in [5.74, 6) is -1.97. The van der Waals surface area contributed by atoms with Crippen molar-refractivity contribution in [2.24, 2.45) is 0 Å². The Balaban J connectivity index is 0.000000267. The molecule has 0 saturated carbocycles. The highest BCUT2D eigenvalue weighted by Gasteiger charge is 2.42. The van der Waals surface area contributed by atoms with Crippen molar-refractivity contribution in [1.82, 2.24) is 4.98 Å². The molecule has 2 fully saturated rings. The normalized spacial score (nSPS) is 21.2. The summed E-state index contributed by atoms with van der Waals surface area (Å²) in [6, 6.07) is 6.53. The van der Waals surface area contributed by atoms with Gasteiger partial charge in [-0.1, -0.05) is 18.7 Å². The molecule has 0 spiro atoms. The van der Waals surface area contributed by atoms with Gasteiger partial charge in [0.2, 0.25) is 11.6 Å². The first-order valence-corrected chi connectivity index (χ1v) is 16.1.